The maximum Gasteiger partial charge on any atom is 0.106 e. The lowest BCUT2D eigenvalue weighted by Crippen LogP contribution is -1.90. The van der Waals surface area contributed by atoms with E-state index in [9.17, 15) is 0 Å². The maximum atomic E-state index is 4.45. The third-order valence-electron chi connectivity index (χ3n) is 1.93. The van der Waals surface area contributed by atoms with E-state index in [1.165, 1.54) is 0 Å². The number of aryl methyl sites for hydroxylation is 1. The highest BCUT2D eigenvalue weighted by atomic mass is 31.0. The first-order valence-corrected chi connectivity index (χ1v) is 4.62. The van der Waals surface area contributed by atoms with Crippen LogP contribution in [-0.4, -0.2) is 9.97 Å². The number of imidazole rings is 1. The number of aromatic nitrogens is 2. The van der Waals surface area contributed by atoms with Gasteiger partial charge in [0.05, 0.1) is 11.0 Å². The number of hydrogen-bond acceptors (Lipinski definition) is 1. The number of H-pyrrole nitrogens is 1. The number of nitrogens with zero attached hydrogens (tertiary/aromatic N) is 1. The monoisotopic (exact) mass is 178 g/mol. The average Bonchev–Trinajstić information content (AvgIpc) is 2.49. The molecule has 62 valence electrons. The minimum absolute atomic E-state index is 0.957. The van der Waals surface area contributed by atoms with E-state index in [-0.39, 0.29) is 0 Å². The molecule has 0 aliphatic heterocycles. The van der Waals surface area contributed by atoms with Crippen LogP contribution in [0.1, 0.15) is 12.7 Å². The second-order valence-electron chi connectivity index (χ2n) is 2.78. The number of rotatable bonds is 1. The van der Waals surface area contributed by atoms with Gasteiger partial charge in [-0.15, -0.1) is 9.24 Å². The fraction of sp³-hybridized carbons (Fsp3) is 0.222. The van der Waals surface area contributed by atoms with E-state index in [0.717, 1.165) is 28.6 Å². The van der Waals surface area contributed by atoms with Crippen molar-refractivity contribution in [2.24, 2.45) is 0 Å². The van der Waals surface area contributed by atoms with Crippen molar-refractivity contribution in [3.8, 4) is 0 Å². The molecule has 1 atom stereocenters. The smallest absolute Gasteiger partial charge is 0.106 e. The Bertz CT molecular complexity index is 406. The van der Waals surface area contributed by atoms with Gasteiger partial charge in [-0.1, -0.05) is 19.1 Å². The van der Waals surface area contributed by atoms with Crippen LogP contribution >= 0.6 is 9.24 Å². The zero-order valence-electron chi connectivity index (χ0n) is 6.96. The van der Waals surface area contributed by atoms with Crippen molar-refractivity contribution < 1.29 is 0 Å². The first-order valence-electron chi connectivity index (χ1n) is 4.04. The standard InChI is InChI=1S/C9H11N2P/c1-2-8-10-6-4-3-5-7(12)9(6)11-8/h3-5H,2,12H2,1H3,(H,10,11). The van der Waals surface area contributed by atoms with Crippen molar-refractivity contribution in [1.29, 1.82) is 0 Å². The van der Waals surface area contributed by atoms with Crippen molar-refractivity contribution in [3.05, 3.63) is 24.0 Å². The lowest BCUT2D eigenvalue weighted by atomic mass is 10.3. The van der Waals surface area contributed by atoms with E-state index in [4.69, 9.17) is 0 Å². The summed E-state index contributed by atoms with van der Waals surface area (Å²) in [6, 6.07) is 6.13. The Morgan fingerprint density at radius 1 is 1.50 bits per heavy atom. The van der Waals surface area contributed by atoms with E-state index in [1.807, 2.05) is 12.1 Å². The summed E-state index contributed by atoms with van der Waals surface area (Å²) >= 11 is 0. The number of hydrogen-bond donors (Lipinski definition) is 1. The van der Waals surface area contributed by atoms with Gasteiger partial charge < -0.3 is 4.98 Å². The molecule has 1 unspecified atom stereocenters. The third-order valence-corrected chi connectivity index (χ3v) is 2.39. The fourth-order valence-corrected chi connectivity index (χ4v) is 1.60. The molecule has 2 nitrogen and oxygen atoms in total. The van der Waals surface area contributed by atoms with Gasteiger partial charge in [-0.05, 0) is 11.4 Å². The van der Waals surface area contributed by atoms with Crippen LogP contribution in [0.4, 0.5) is 0 Å². The minimum atomic E-state index is 0.957. The van der Waals surface area contributed by atoms with Crippen LogP contribution in [0.2, 0.25) is 0 Å². The molecular formula is C9H11N2P. The molecule has 1 heterocycles. The summed E-state index contributed by atoms with van der Waals surface area (Å²) in [6.45, 7) is 2.10. The molecule has 0 aliphatic rings. The predicted molar refractivity (Wildman–Crippen MR) is 54.8 cm³/mol. The summed E-state index contributed by atoms with van der Waals surface area (Å²) in [5, 5.41) is 1.16. The van der Waals surface area contributed by atoms with E-state index in [2.05, 4.69) is 32.2 Å². The molecule has 0 amide bonds. The molecule has 0 fully saturated rings. The number of benzene rings is 1. The van der Waals surface area contributed by atoms with E-state index >= 15 is 0 Å². The van der Waals surface area contributed by atoms with Crippen LogP contribution in [0.3, 0.4) is 0 Å². The Balaban J connectivity index is 2.74. The zero-order chi connectivity index (χ0) is 8.55. The quantitative estimate of drug-likeness (QED) is 0.660. The van der Waals surface area contributed by atoms with Gasteiger partial charge in [0.2, 0.25) is 0 Å². The third kappa shape index (κ3) is 1.12. The molecule has 0 saturated heterocycles. The van der Waals surface area contributed by atoms with E-state index in [1.54, 1.807) is 0 Å². The molecule has 0 bridgehead atoms. The van der Waals surface area contributed by atoms with Gasteiger partial charge in [-0.25, -0.2) is 4.98 Å². The summed E-state index contributed by atoms with van der Waals surface area (Å²) in [4.78, 5) is 7.72. The van der Waals surface area contributed by atoms with Crippen LogP contribution in [0.25, 0.3) is 11.0 Å². The molecule has 0 spiro atoms. The Kier molecular flexibility index (Phi) is 1.86. The second kappa shape index (κ2) is 2.87. The van der Waals surface area contributed by atoms with Crippen molar-refractivity contribution in [2.75, 3.05) is 0 Å². The highest BCUT2D eigenvalue weighted by Crippen LogP contribution is 2.10. The van der Waals surface area contributed by atoms with E-state index in [0.29, 0.717) is 0 Å². The van der Waals surface area contributed by atoms with Crippen molar-refractivity contribution >= 4 is 25.6 Å². The van der Waals surface area contributed by atoms with E-state index < -0.39 is 0 Å². The highest BCUT2D eigenvalue weighted by Gasteiger charge is 2.01. The normalized spacial score (nSPS) is 10.8. The Morgan fingerprint density at radius 2 is 2.33 bits per heavy atom. The number of aromatic amines is 1. The lowest BCUT2D eigenvalue weighted by molar-refractivity contribution is 1.00. The average molecular weight is 178 g/mol. The van der Waals surface area contributed by atoms with Gasteiger partial charge in [0.25, 0.3) is 0 Å². The van der Waals surface area contributed by atoms with Gasteiger partial charge in [0, 0.05) is 6.42 Å². The first kappa shape index (κ1) is 7.75. The topological polar surface area (TPSA) is 28.7 Å². The minimum Gasteiger partial charge on any atom is -0.342 e. The van der Waals surface area contributed by atoms with Crippen LogP contribution in [0.15, 0.2) is 18.2 Å². The Labute approximate surface area is 73.6 Å². The van der Waals surface area contributed by atoms with Crippen LogP contribution < -0.4 is 5.30 Å². The second-order valence-corrected chi connectivity index (χ2v) is 3.40. The molecule has 0 radical (unpaired) electrons. The molecule has 1 aromatic carbocycles. The van der Waals surface area contributed by atoms with Crippen molar-refractivity contribution in [1.82, 2.24) is 9.97 Å². The molecule has 2 aromatic rings. The predicted octanol–water partition coefficient (Wildman–Crippen LogP) is 1.63. The molecule has 2 rings (SSSR count). The van der Waals surface area contributed by atoms with Crippen LogP contribution in [-0.2, 0) is 6.42 Å². The van der Waals surface area contributed by atoms with Crippen LogP contribution in [0, 0.1) is 0 Å². The largest absolute Gasteiger partial charge is 0.342 e. The van der Waals surface area contributed by atoms with Gasteiger partial charge in [-0.3, -0.25) is 0 Å². The molecule has 12 heavy (non-hydrogen) atoms. The van der Waals surface area contributed by atoms with Crippen LogP contribution in [0.5, 0.6) is 0 Å². The number of fused-ring (bicyclic) bond motifs is 1. The molecular weight excluding hydrogens is 167 g/mol. The summed E-state index contributed by atoms with van der Waals surface area (Å²) < 4.78 is 0. The Morgan fingerprint density at radius 3 is 3.00 bits per heavy atom. The molecule has 3 heteroatoms. The summed E-state index contributed by atoms with van der Waals surface area (Å²) in [7, 11) is 2.70. The molecule has 0 aliphatic carbocycles. The van der Waals surface area contributed by atoms with Gasteiger partial charge in [-0.2, -0.15) is 0 Å². The van der Waals surface area contributed by atoms with Crippen molar-refractivity contribution in [3.63, 3.8) is 0 Å². The molecule has 1 N–H and O–H groups in total. The number of nitrogens with one attached hydrogen (secondary N) is 1. The summed E-state index contributed by atoms with van der Waals surface area (Å²) in [5.74, 6) is 1.06. The fourth-order valence-electron chi connectivity index (χ4n) is 1.27. The van der Waals surface area contributed by atoms with Gasteiger partial charge in [0.15, 0.2) is 0 Å². The first-order chi connectivity index (χ1) is 5.81. The molecule has 0 saturated carbocycles. The van der Waals surface area contributed by atoms with Gasteiger partial charge >= 0.3 is 0 Å². The highest BCUT2D eigenvalue weighted by molar-refractivity contribution is 7.28. The van der Waals surface area contributed by atoms with Gasteiger partial charge in [0.1, 0.15) is 5.82 Å². The Hall–Kier alpha value is -0.880. The molecule has 1 aromatic heterocycles. The van der Waals surface area contributed by atoms with Crippen molar-refractivity contribution in [2.45, 2.75) is 13.3 Å². The number of para-hydroxylation sites is 1. The summed E-state index contributed by atoms with van der Waals surface area (Å²) in [5.41, 5.74) is 2.19. The summed E-state index contributed by atoms with van der Waals surface area (Å²) in [6.07, 6.45) is 0.957. The zero-order valence-corrected chi connectivity index (χ0v) is 8.12. The lowest BCUT2D eigenvalue weighted by Gasteiger charge is -1.90. The maximum absolute atomic E-state index is 4.45. The SMILES string of the molecule is CCc1nc2c(P)cccc2[nH]1.